The smallest absolute Gasteiger partial charge is 0.262 e. The first-order valence-corrected chi connectivity index (χ1v) is 7.02. The van der Waals surface area contributed by atoms with E-state index < -0.39 is 7.37 Å². The Bertz CT molecular complexity index is 638. The van der Waals surface area contributed by atoms with Gasteiger partial charge in [-0.25, -0.2) is 0 Å². The van der Waals surface area contributed by atoms with Crippen molar-refractivity contribution in [1.29, 1.82) is 0 Å². The Labute approximate surface area is 104 Å². The molecule has 0 amide bonds. The number of benzene rings is 2. The SMILES string of the molecule is COP1(=O)c2ccc(O)cc2-c2cc(O)ccc21. The van der Waals surface area contributed by atoms with E-state index in [1.165, 1.54) is 31.4 Å². The number of rotatable bonds is 1. The van der Waals surface area contributed by atoms with Crippen molar-refractivity contribution in [1.82, 2.24) is 0 Å². The Balaban J connectivity index is 2.42. The summed E-state index contributed by atoms with van der Waals surface area (Å²) in [5.41, 5.74) is 1.29. The van der Waals surface area contributed by atoms with E-state index >= 15 is 0 Å². The first-order valence-electron chi connectivity index (χ1n) is 5.39. The van der Waals surface area contributed by atoms with Crippen molar-refractivity contribution in [2.45, 2.75) is 0 Å². The predicted octanol–water partition coefficient (Wildman–Crippen LogP) is 1.95. The van der Waals surface area contributed by atoms with E-state index in [9.17, 15) is 14.8 Å². The van der Waals surface area contributed by atoms with E-state index in [0.29, 0.717) is 21.7 Å². The molecule has 3 rings (SSSR count). The van der Waals surface area contributed by atoms with Crippen LogP contribution in [-0.2, 0) is 9.09 Å². The van der Waals surface area contributed by atoms with E-state index in [1.54, 1.807) is 12.1 Å². The van der Waals surface area contributed by atoms with E-state index in [2.05, 4.69) is 0 Å². The molecule has 0 saturated carbocycles. The number of aromatic hydroxyl groups is 2. The Morgan fingerprint density at radius 1 is 0.944 bits per heavy atom. The van der Waals surface area contributed by atoms with Crippen LogP contribution in [0.5, 0.6) is 11.5 Å². The zero-order chi connectivity index (χ0) is 12.9. The predicted molar refractivity (Wildman–Crippen MR) is 69.1 cm³/mol. The number of hydrogen-bond acceptors (Lipinski definition) is 4. The van der Waals surface area contributed by atoms with Gasteiger partial charge in [-0.15, -0.1) is 0 Å². The highest BCUT2D eigenvalue weighted by Gasteiger charge is 2.39. The van der Waals surface area contributed by atoms with Gasteiger partial charge in [0.2, 0.25) is 0 Å². The molecule has 5 heteroatoms. The van der Waals surface area contributed by atoms with Gasteiger partial charge in [0, 0.05) is 17.7 Å². The van der Waals surface area contributed by atoms with Crippen LogP contribution >= 0.6 is 7.37 Å². The summed E-state index contributed by atoms with van der Waals surface area (Å²) in [5, 5.41) is 20.2. The third-order valence-corrected chi connectivity index (χ3v) is 5.70. The summed E-state index contributed by atoms with van der Waals surface area (Å²) in [5.74, 6) is 0.181. The van der Waals surface area contributed by atoms with Gasteiger partial charge in [0.25, 0.3) is 7.37 Å². The average molecular weight is 262 g/mol. The average Bonchev–Trinajstić information content (AvgIpc) is 2.60. The first-order chi connectivity index (χ1) is 8.56. The molecule has 4 nitrogen and oxygen atoms in total. The van der Waals surface area contributed by atoms with Crippen molar-refractivity contribution in [3.05, 3.63) is 36.4 Å². The van der Waals surface area contributed by atoms with Crippen LogP contribution in [0.4, 0.5) is 0 Å². The monoisotopic (exact) mass is 262 g/mol. The molecule has 2 aromatic rings. The zero-order valence-corrected chi connectivity index (χ0v) is 10.5. The molecule has 0 fully saturated rings. The Hall–Kier alpha value is -1.77. The van der Waals surface area contributed by atoms with Crippen molar-refractivity contribution >= 4 is 18.0 Å². The fourth-order valence-electron chi connectivity index (χ4n) is 2.32. The van der Waals surface area contributed by atoms with E-state index in [4.69, 9.17) is 4.52 Å². The summed E-state index contributed by atoms with van der Waals surface area (Å²) < 4.78 is 18.1. The molecule has 0 unspecified atom stereocenters. The third kappa shape index (κ3) is 1.33. The summed E-state index contributed by atoms with van der Waals surface area (Å²) in [6, 6.07) is 9.24. The van der Waals surface area contributed by atoms with Crippen LogP contribution in [0.15, 0.2) is 36.4 Å². The number of phenolic OH excluding ortho intramolecular Hbond substituents is 2. The van der Waals surface area contributed by atoms with Gasteiger partial charge in [-0.1, -0.05) is 0 Å². The number of hydrogen-bond donors (Lipinski definition) is 2. The number of phenols is 2. The summed E-state index contributed by atoms with van der Waals surface area (Å²) in [4.78, 5) is 0. The fraction of sp³-hybridized carbons (Fsp3) is 0.0769. The standard InChI is InChI=1S/C13H11O4P/c1-17-18(16)12-4-2-8(14)6-10(12)11-7-9(15)3-5-13(11)18/h2-7,14-15H,1H3. The molecule has 0 spiro atoms. The highest BCUT2D eigenvalue weighted by Crippen LogP contribution is 2.54. The fourth-order valence-corrected chi connectivity index (χ4v) is 4.52. The molecule has 2 N–H and O–H groups in total. The van der Waals surface area contributed by atoms with Gasteiger partial charge in [-0.05, 0) is 47.5 Å². The van der Waals surface area contributed by atoms with Crippen molar-refractivity contribution in [3.8, 4) is 22.6 Å². The van der Waals surface area contributed by atoms with Crippen LogP contribution in [0.2, 0.25) is 0 Å². The minimum Gasteiger partial charge on any atom is -0.508 e. The summed E-state index contributed by atoms with van der Waals surface area (Å²) in [7, 11) is -1.69. The second-order valence-electron chi connectivity index (χ2n) is 4.14. The lowest BCUT2D eigenvalue weighted by Crippen LogP contribution is -2.10. The van der Waals surface area contributed by atoms with Crippen molar-refractivity contribution in [3.63, 3.8) is 0 Å². The van der Waals surface area contributed by atoms with Crippen LogP contribution in [-0.4, -0.2) is 17.3 Å². The summed E-state index contributed by atoms with van der Waals surface area (Å²) in [6.07, 6.45) is 0. The normalized spacial score (nSPS) is 15.2. The van der Waals surface area contributed by atoms with Gasteiger partial charge >= 0.3 is 0 Å². The Morgan fingerprint density at radius 2 is 1.39 bits per heavy atom. The van der Waals surface area contributed by atoms with Gasteiger partial charge in [0.15, 0.2) is 0 Å². The maximum atomic E-state index is 12.9. The number of fused-ring (bicyclic) bond motifs is 3. The lowest BCUT2D eigenvalue weighted by atomic mass is 10.1. The molecule has 0 aromatic heterocycles. The molecule has 18 heavy (non-hydrogen) atoms. The van der Waals surface area contributed by atoms with Gasteiger partial charge < -0.3 is 14.7 Å². The maximum absolute atomic E-state index is 12.9. The Morgan fingerprint density at radius 3 is 1.78 bits per heavy atom. The molecule has 0 aliphatic carbocycles. The van der Waals surface area contributed by atoms with Crippen LogP contribution in [0.1, 0.15) is 0 Å². The quantitative estimate of drug-likeness (QED) is 0.771. The minimum absolute atomic E-state index is 0.0904. The van der Waals surface area contributed by atoms with Crippen LogP contribution in [0.25, 0.3) is 11.1 Å². The lowest BCUT2D eigenvalue weighted by Gasteiger charge is -2.11. The largest absolute Gasteiger partial charge is 0.508 e. The van der Waals surface area contributed by atoms with Crippen molar-refractivity contribution in [2.24, 2.45) is 0 Å². The minimum atomic E-state index is -3.09. The molecule has 1 heterocycles. The molecule has 1 aliphatic rings. The zero-order valence-electron chi connectivity index (χ0n) is 9.62. The van der Waals surface area contributed by atoms with Crippen LogP contribution < -0.4 is 10.6 Å². The molecule has 0 atom stereocenters. The van der Waals surface area contributed by atoms with Gasteiger partial charge in [0.05, 0.1) is 0 Å². The molecule has 2 aromatic carbocycles. The van der Waals surface area contributed by atoms with Gasteiger partial charge in [-0.2, -0.15) is 0 Å². The lowest BCUT2D eigenvalue weighted by molar-refractivity contribution is 0.413. The molecule has 1 aliphatic heterocycles. The third-order valence-electron chi connectivity index (χ3n) is 3.14. The highest BCUT2D eigenvalue weighted by atomic mass is 31.2. The topological polar surface area (TPSA) is 66.8 Å². The molecular weight excluding hydrogens is 251 g/mol. The van der Waals surface area contributed by atoms with Crippen LogP contribution in [0.3, 0.4) is 0 Å². The van der Waals surface area contributed by atoms with Crippen molar-refractivity contribution in [2.75, 3.05) is 7.11 Å². The van der Waals surface area contributed by atoms with Gasteiger partial charge in [0.1, 0.15) is 11.5 Å². The van der Waals surface area contributed by atoms with Crippen LogP contribution in [0, 0.1) is 0 Å². The van der Waals surface area contributed by atoms with E-state index in [1.807, 2.05) is 0 Å². The van der Waals surface area contributed by atoms with E-state index in [0.717, 1.165) is 0 Å². The summed E-state index contributed by atoms with van der Waals surface area (Å²) in [6.45, 7) is 0. The van der Waals surface area contributed by atoms with Crippen molar-refractivity contribution < 1.29 is 19.3 Å². The van der Waals surface area contributed by atoms with E-state index in [-0.39, 0.29) is 11.5 Å². The second-order valence-corrected chi connectivity index (χ2v) is 6.57. The Kier molecular flexibility index (Phi) is 2.27. The molecular formula is C13H11O4P. The molecule has 0 bridgehead atoms. The van der Waals surface area contributed by atoms with Gasteiger partial charge in [-0.3, -0.25) is 4.57 Å². The molecule has 92 valence electrons. The summed E-state index contributed by atoms with van der Waals surface area (Å²) >= 11 is 0. The highest BCUT2D eigenvalue weighted by molar-refractivity contribution is 7.75. The second kappa shape index (κ2) is 3.61. The first kappa shape index (κ1) is 11.3. The molecule has 0 radical (unpaired) electrons. The maximum Gasteiger partial charge on any atom is 0.262 e. The molecule has 0 saturated heterocycles.